The maximum Gasteiger partial charge on any atom is 0.416 e. The molecule has 19 heavy (non-hydrogen) atoms. The number of alkyl halides is 3. The van der Waals surface area contributed by atoms with Crippen LogP contribution >= 0.6 is 0 Å². The van der Waals surface area contributed by atoms with Crippen LogP contribution in [0, 0.1) is 12.8 Å². The van der Waals surface area contributed by atoms with Gasteiger partial charge < -0.3 is 9.84 Å². The normalized spacial score (nSPS) is 15.6. The standard InChI is InChI=1S/C14H19F3O2/c1-8(2)13(19-4)12(18)11-6-5-10(7-9(11)3)14(15,16)17/h5-8,12-13,18H,1-4H3. The molecule has 0 heterocycles. The summed E-state index contributed by atoms with van der Waals surface area (Å²) in [5, 5.41) is 10.2. The van der Waals surface area contributed by atoms with E-state index in [1.807, 2.05) is 13.8 Å². The summed E-state index contributed by atoms with van der Waals surface area (Å²) in [7, 11) is 1.48. The monoisotopic (exact) mass is 276 g/mol. The largest absolute Gasteiger partial charge is 0.416 e. The van der Waals surface area contributed by atoms with Gasteiger partial charge in [-0.3, -0.25) is 0 Å². The molecule has 0 radical (unpaired) electrons. The van der Waals surface area contributed by atoms with Gasteiger partial charge in [0.05, 0.1) is 11.7 Å². The van der Waals surface area contributed by atoms with Gasteiger partial charge in [-0.15, -0.1) is 0 Å². The fourth-order valence-corrected chi connectivity index (χ4v) is 2.13. The third-order valence-corrected chi connectivity index (χ3v) is 3.16. The number of ether oxygens (including phenoxy) is 1. The molecular formula is C14H19F3O2. The van der Waals surface area contributed by atoms with E-state index in [2.05, 4.69) is 0 Å². The highest BCUT2D eigenvalue weighted by Gasteiger charge is 2.32. The van der Waals surface area contributed by atoms with E-state index in [4.69, 9.17) is 4.74 Å². The molecule has 0 aliphatic rings. The molecule has 0 aliphatic heterocycles. The van der Waals surface area contributed by atoms with Gasteiger partial charge in [-0.05, 0) is 36.1 Å². The van der Waals surface area contributed by atoms with Crippen molar-refractivity contribution in [1.29, 1.82) is 0 Å². The van der Waals surface area contributed by atoms with Crippen LogP contribution in [0.15, 0.2) is 18.2 Å². The van der Waals surface area contributed by atoms with Gasteiger partial charge in [0.1, 0.15) is 6.10 Å². The number of methoxy groups -OCH3 is 1. The van der Waals surface area contributed by atoms with Crippen LogP contribution in [-0.2, 0) is 10.9 Å². The molecule has 2 atom stereocenters. The van der Waals surface area contributed by atoms with Crippen LogP contribution in [0.3, 0.4) is 0 Å². The quantitative estimate of drug-likeness (QED) is 0.908. The fraction of sp³-hybridized carbons (Fsp3) is 0.571. The lowest BCUT2D eigenvalue weighted by Gasteiger charge is -2.26. The van der Waals surface area contributed by atoms with Crippen molar-refractivity contribution in [2.24, 2.45) is 5.92 Å². The molecule has 0 fully saturated rings. The molecule has 0 bridgehead atoms. The molecule has 1 aromatic rings. The predicted octanol–water partition coefficient (Wildman–Crippen LogP) is 3.72. The van der Waals surface area contributed by atoms with Crippen LogP contribution < -0.4 is 0 Å². The van der Waals surface area contributed by atoms with Crippen molar-refractivity contribution in [3.05, 3.63) is 34.9 Å². The Morgan fingerprint density at radius 1 is 1.21 bits per heavy atom. The third kappa shape index (κ3) is 3.70. The number of halogens is 3. The second kappa shape index (κ2) is 5.92. The zero-order valence-corrected chi connectivity index (χ0v) is 11.5. The lowest BCUT2D eigenvalue weighted by atomic mass is 9.92. The Hall–Kier alpha value is -1.07. The SMILES string of the molecule is COC(C(C)C)C(O)c1ccc(C(F)(F)F)cc1C. The van der Waals surface area contributed by atoms with E-state index in [-0.39, 0.29) is 5.92 Å². The Kier molecular flexibility index (Phi) is 4.98. The Labute approximate surface area is 111 Å². The molecule has 2 unspecified atom stereocenters. The molecule has 2 nitrogen and oxygen atoms in total. The number of hydrogen-bond donors (Lipinski definition) is 1. The highest BCUT2D eigenvalue weighted by molar-refractivity contribution is 5.34. The van der Waals surface area contributed by atoms with Gasteiger partial charge in [0.2, 0.25) is 0 Å². The molecule has 0 spiro atoms. The van der Waals surface area contributed by atoms with Gasteiger partial charge in [-0.25, -0.2) is 0 Å². The maximum absolute atomic E-state index is 12.6. The second-order valence-electron chi connectivity index (χ2n) is 4.96. The molecule has 0 aromatic heterocycles. The zero-order chi connectivity index (χ0) is 14.8. The van der Waals surface area contributed by atoms with E-state index in [0.717, 1.165) is 12.1 Å². The van der Waals surface area contributed by atoms with E-state index in [1.54, 1.807) is 6.92 Å². The fourth-order valence-electron chi connectivity index (χ4n) is 2.13. The molecule has 1 N–H and O–H groups in total. The molecule has 0 saturated carbocycles. The minimum atomic E-state index is -4.37. The van der Waals surface area contributed by atoms with Crippen LogP contribution in [0.2, 0.25) is 0 Å². The van der Waals surface area contributed by atoms with Gasteiger partial charge in [-0.2, -0.15) is 13.2 Å². The summed E-state index contributed by atoms with van der Waals surface area (Å²) in [6.45, 7) is 5.33. The molecule has 1 rings (SSSR count). The number of aryl methyl sites for hydroxylation is 1. The number of hydrogen-bond acceptors (Lipinski definition) is 2. The summed E-state index contributed by atoms with van der Waals surface area (Å²) >= 11 is 0. The van der Waals surface area contributed by atoms with Gasteiger partial charge in [0.25, 0.3) is 0 Å². The Morgan fingerprint density at radius 2 is 1.79 bits per heavy atom. The summed E-state index contributed by atoms with van der Waals surface area (Å²) < 4.78 is 42.9. The van der Waals surface area contributed by atoms with Crippen molar-refractivity contribution in [2.75, 3.05) is 7.11 Å². The van der Waals surface area contributed by atoms with Crippen molar-refractivity contribution in [1.82, 2.24) is 0 Å². The summed E-state index contributed by atoms with van der Waals surface area (Å²) in [6.07, 6.45) is -5.75. The highest BCUT2D eigenvalue weighted by Crippen LogP contribution is 2.33. The van der Waals surface area contributed by atoms with Crippen molar-refractivity contribution >= 4 is 0 Å². The molecule has 0 saturated heterocycles. The summed E-state index contributed by atoms with van der Waals surface area (Å²) in [5.74, 6) is 0.0571. The number of benzene rings is 1. The molecular weight excluding hydrogens is 257 g/mol. The molecule has 5 heteroatoms. The van der Waals surface area contributed by atoms with Crippen molar-refractivity contribution in [3.8, 4) is 0 Å². The average Bonchev–Trinajstić information content (AvgIpc) is 2.27. The van der Waals surface area contributed by atoms with Crippen molar-refractivity contribution in [3.63, 3.8) is 0 Å². The van der Waals surface area contributed by atoms with Gasteiger partial charge in [-0.1, -0.05) is 19.9 Å². The van der Waals surface area contributed by atoms with Gasteiger partial charge in [0.15, 0.2) is 0 Å². The van der Waals surface area contributed by atoms with Gasteiger partial charge >= 0.3 is 6.18 Å². The third-order valence-electron chi connectivity index (χ3n) is 3.16. The lowest BCUT2D eigenvalue weighted by Crippen LogP contribution is -2.27. The Bertz CT molecular complexity index is 427. The first-order valence-electron chi connectivity index (χ1n) is 6.07. The van der Waals surface area contributed by atoms with E-state index in [9.17, 15) is 18.3 Å². The van der Waals surface area contributed by atoms with E-state index in [0.29, 0.717) is 11.1 Å². The van der Waals surface area contributed by atoms with E-state index in [1.165, 1.54) is 13.2 Å². The lowest BCUT2D eigenvalue weighted by molar-refractivity contribution is -0.137. The zero-order valence-electron chi connectivity index (χ0n) is 11.5. The van der Waals surface area contributed by atoms with Gasteiger partial charge in [0, 0.05) is 7.11 Å². The van der Waals surface area contributed by atoms with Crippen LogP contribution in [-0.4, -0.2) is 18.3 Å². The Balaban J connectivity index is 3.09. The molecule has 0 amide bonds. The second-order valence-corrected chi connectivity index (χ2v) is 4.96. The minimum absolute atomic E-state index is 0.0571. The topological polar surface area (TPSA) is 29.5 Å². The molecule has 1 aromatic carbocycles. The first kappa shape index (κ1) is 16.0. The average molecular weight is 276 g/mol. The summed E-state index contributed by atoms with van der Waals surface area (Å²) in [5.41, 5.74) is 0.165. The van der Waals surface area contributed by atoms with Crippen molar-refractivity contribution in [2.45, 2.75) is 39.2 Å². The number of rotatable bonds is 4. The minimum Gasteiger partial charge on any atom is -0.386 e. The highest BCUT2D eigenvalue weighted by atomic mass is 19.4. The first-order valence-corrected chi connectivity index (χ1v) is 6.07. The molecule has 0 aliphatic carbocycles. The van der Waals surface area contributed by atoms with E-state index < -0.39 is 23.9 Å². The first-order chi connectivity index (χ1) is 8.68. The summed E-state index contributed by atoms with van der Waals surface area (Å²) in [6, 6.07) is 3.35. The van der Waals surface area contributed by atoms with Crippen LogP contribution in [0.1, 0.15) is 36.6 Å². The number of aliphatic hydroxyl groups excluding tert-OH is 1. The van der Waals surface area contributed by atoms with E-state index >= 15 is 0 Å². The maximum atomic E-state index is 12.6. The van der Waals surface area contributed by atoms with Crippen LogP contribution in [0.5, 0.6) is 0 Å². The Morgan fingerprint density at radius 3 is 2.16 bits per heavy atom. The smallest absolute Gasteiger partial charge is 0.386 e. The summed E-state index contributed by atoms with van der Waals surface area (Å²) in [4.78, 5) is 0. The van der Waals surface area contributed by atoms with Crippen LogP contribution in [0.4, 0.5) is 13.2 Å². The molecule has 108 valence electrons. The van der Waals surface area contributed by atoms with Crippen molar-refractivity contribution < 1.29 is 23.0 Å². The predicted molar refractivity (Wildman–Crippen MR) is 66.8 cm³/mol. The van der Waals surface area contributed by atoms with Crippen LogP contribution in [0.25, 0.3) is 0 Å². The number of aliphatic hydroxyl groups is 1.